The maximum atomic E-state index is 11.7. The number of hydrogen-bond donors (Lipinski definition) is 1. The molecule has 0 bridgehead atoms. The lowest BCUT2D eigenvalue weighted by Crippen LogP contribution is -2.06. The lowest BCUT2D eigenvalue weighted by Gasteiger charge is -2.05. The summed E-state index contributed by atoms with van der Waals surface area (Å²) in [6.07, 6.45) is 0. The molecule has 6 nitrogen and oxygen atoms in total. The number of aromatic nitrogens is 3. The molecule has 0 aliphatic heterocycles. The molecule has 1 N–H and O–H groups in total. The van der Waals surface area contributed by atoms with E-state index in [1.54, 1.807) is 32.2 Å². The zero-order valence-electron chi connectivity index (χ0n) is 10.4. The van der Waals surface area contributed by atoms with Crippen molar-refractivity contribution >= 4 is 21.9 Å². The van der Waals surface area contributed by atoms with Crippen molar-refractivity contribution in [1.82, 2.24) is 15.4 Å². The molecule has 0 unspecified atom stereocenters. The zero-order valence-corrected chi connectivity index (χ0v) is 12.0. The van der Waals surface area contributed by atoms with Gasteiger partial charge in [-0.05, 0) is 41.1 Å². The number of halogens is 1. The number of H-pyrrole nitrogens is 1. The van der Waals surface area contributed by atoms with E-state index >= 15 is 0 Å². The van der Waals surface area contributed by atoms with Gasteiger partial charge in [-0.25, -0.2) is 4.79 Å². The first kappa shape index (κ1) is 13.5. The van der Waals surface area contributed by atoms with Crippen molar-refractivity contribution in [2.24, 2.45) is 0 Å². The average Bonchev–Trinajstić information content (AvgIpc) is 2.88. The summed E-state index contributed by atoms with van der Waals surface area (Å²) in [5, 5.41) is 10.3. The molecular formula is C12H12BrN3O3. The lowest BCUT2D eigenvalue weighted by atomic mass is 10.1. The lowest BCUT2D eigenvalue weighted by molar-refractivity contribution is 0.0520. The van der Waals surface area contributed by atoms with Crippen LogP contribution in [0, 0.1) is 0 Å². The molecule has 1 heterocycles. The number of rotatable bonds is 4. The van der Waals surface area contributed by atoms with Gasteiger partial charge in [0, 0.05) is 5.56 Å². The van der Waals surface area contributed by atoms with Crippen LogP contribution in [-0.2, 0) is 4.74 Å². The van der Waals surface area contributed by atoms with Crippen molar-refractivity contribution in [3.05, 3.63) is 28.4 Å². The number of esters is 1. The van der Waals surface area contributed by atoms with Gasteiger partial charge >= 0.3 is 5.97 Å². The number of ether oxygens (including phenoxy) is 2. The third kappa shape index (κ3) is 2.76. The molecule has 0 saturated carbocycles. The van der Waals surface area contributed by atoms with E-state index in [4.69, 9.17) is 9.47 Å². The maximum Gasteiger partial charge on any atom is 0.361 e. The molecule has 0 radical (unpaired) electrons. The van der Waals surface area contributed by atoms with Gasteiger partial charge < -0.3 is 9.47 Å². The second-order valence-corrected chi connectivity index (χ2v) is 4.44. The van der Waals surface area contributed by atoms with Crippen molar-refractivity contribution in [2.45, 2.75) is 6.92 Å². The van der Waals surface area contributed by atoms with E-state index < -0.39 is 5.97 Å². The molecule has 100 valence electrons. The highest BCUT2D eigenvalue weighted by Gasteiger charge is 2.19. The summed E-state index contributed by atoms with van der Waals surface area (Å²) < 4.78 is 10.8. The Morgan fingerprint density at radius 1 is 1.42 bits per heavy atom. The third-order valence-corrected chi connectivity index (χ3v) is 3.06. The highest BCUT2D eigenvalue weighted by atomic mass is 79.9. The van der Waals surface area contributed by atoms with Gasteiger partial charge in [0.15, 0.2) is 5.69 Å². The largest absolute Gasteiger partial charge is 0.496 e. The Labute approximate surface area is 118 Å². The highest BCUT2D eigenvalue weighted by molar-refractivity contribution is 9.10. The number of nitrogens with one attached hydrogen (secondary N) is 1. The Hall–Kier alpha value is -1.89. The van der Waals surface area contributed by atoms with E-state index in [1.165, 1.54) is 0 Å². The number of carbonyl (C=O) groups excluding carboxylic acids is 1. The molecule has 0 aliphatic carbocycles. The minimum atomic E-state index is -0.502. The summed E-state index contributed by atoms with van der Waals surface area (Å²) in [4.78, 5) is 11.7. The molecule has 2 rings (SSSR count). The Morgan fingerprint density at radius 3 is 2.84 bits per heavy atom. The van der Waals surface area contributed by atoms with Gasteiger partial charge in [0.1, 0.15) is 11.4 Å². The van der Waals surface area contributed by atoms with Crippen molar-refractivity contribution in [3.63, 3.8) is 0 Å². The first-order valence-corrected chi connectivity index (χ1v) is 6.38. The Morgan fingerprint density at radius 2 is 2.21 bits per heavy atom. The summed E-state index contributed by atoms with van der Waals surface area (Å²) in [5.41, 5.74) is 1.35. The fraction of sp³-hybridized carbons (Fsp3) is 0.250. The van der Waals surface area contributed by atoms with Crippen molar-refractivity contribution in [3.8, 4) is 17.0 Å². The molecule has 7 heteroatoms. The number of methoxy groups -OCH3 is 1. The van der Waals surface area contributed by atoms with E-state index in [-0.39, 0.29) is 12.3 Å². The molecule has 0 fully saturated rings. The van der Waals surface area contributed by atoms with Gasteiger partial charge in [0.05, 0.1) is 18.2 Å². The molecule has 0 atom stereocenters. The monoisotopic (exact) mass is 325 g/mol. The summed E-state index contributed by atoms with van der Waals surface area (Å²) in [7, 11) is 1.58. The van der Waals surface area contributed by atoms with Crippen LogP contribution in [0.3, 0.4) is 0 Å². The highest BCUT2D eigenvalue weighted by Crippen LogP contribution is 2.30. The van der Waals surface area contributed by atoms with E-state index in [2.05, 4.69) is 31.3 Å². The van der Waals surface area contributed by atoms with Crippen LogP contribution in [0.5, 0.6) is 5.75 Å². The fourth-order valence-electron chi connectivity index (χ4n) is 1.59. The fourth-order valence-corrected chi connectivity index (χ4v) is 2.13. The minimum Gasteiger partial charge on any atom is -0.496 e. The summed E-state index contributed by atoms with van der Waals surface area (Å²) in [5.74, 6) is 0.197. The normalized spacial score (nSPS) is 10.3. The van der Waals surface area contributed by atoms with Gasteiger partial charge in [-0.2, -0.15) is 10.3 Å². The first-order valence-electron chi connectivity index (χ1n) is 5.59. The standard InChI is InChI=1S/C12H12BrN3O3/c1-3-19-12(17)11-10(14-16-15-11)7-4-5-9(18-2)8(13)6-7/h4-6H,3H2,1-2H3,(H,14,15,16). The molecule has 0 aliphatic rings. The molecule has 0 spiro atoms. The maximum absolute atomic E-state index is 11.7. The predicted octanol–water partition coefficient (Wildman–Crippen LogP) is 2.42. The van der Waals surface area contributed by atoms with Crippen LogP contribution in [0.1, 0.15) is 17.4 Å². The molecule has 19 heavy (non-hydrogen) atoms. The first-order chi connectivity index (χ1) is 9.17. The molecule has 1 aromatic carbocycles. The smallest absolute Gasteiger partial charge is 0.361 e. The molecular weight excluding hydrogens is 314 g/mol. The Kier molecular flexibility index (Phi) is 4.16. The molecule has 1 aromatic heterocycles. The van der Waals surface area contributed by atoms with Gasteiger partial charge in [-0.3, -0.25) is 0 Å². The second-order valence-electron chi connectivity index (χ2n) is 3.59. The molecule has 2 aromatic rings. The van der Waals surface area contributed by atoms with Gasteiger partial charge in [-0.15, -0.1) is 5.10 Å². The van der Waals surface area contributed by atoms with Crippen LogP contribution in [0.25, 0.3) is 11.3 Å². The van der Waals surface area contributed by atoms with Crippen LogP contribution < -0.4 is 4.74 Å². The number of benzene rings is 1. The van der Waals surface area contributed by atoms with Crippen LogP contribution in [0.2, 0.25) is 0 Å². The summed E-state index contributed by atoms with van der Waals surface area (Å²) >= 11 is 3.39. The van der Waals surface area contributed by atoms with Crippen molar-refractivity contribution < 1.29 is 14.3 Å². The minimum absolute atomic E-state index is 0.166. The number of carbonyl (C=O) groups is 1. The molecule has 0 amide bonds. The Balaban J connectivity index is 2.40. The van der Waals surface area contributed by atoms with E-state index in [0.29, 0.717) is 11.4 Å². The van der Waals surface area contributed by atoms with Crippen LogP contribution in [0.4, 0.5) is 0 Å². The topological polar surface area (TPSA) is 77.1 Å². The van der Waals surface area contributed by atoms with E-state index in [9.17, 15) is 4.79 Å². The molecule has 0 saturated heterocycles. The quantitative estimate of drug-likeness (QED) is 0.873. The van der Waals surface area contributed by atoms with Gasteiger partial charge in [0.25, 0.3) is 0 Å². The van der Waals surface area contributed by atoms with Crippen LogP contribution in [-0.4, -0.2) is 35.1 Å². The van der Waals surface area contributed by atoms with Crippen LogP contribution >= 0.6 is 15.9 Å². The SMILES string of the molecule is CCOC(=O)c1n[nH]nc1-c1ccc(OC)c(Br)c1. The number of aromatic amines is 1. The average molecular weight is 326 g/mol. The second kappa shape index (κ2) is 5.83. The summed E-state index contributed by atoms with van der Waals surface area (Å²) in [6.45, 7) is 2.03. The number of hydrogen-bond acceptors (Lipinski definition) is 5. The van der Waals surface area contributed by atoms with E-state index in [1.807, 2.05) is 0 Å². The third-order valence-electron chi connectivity index (χ3n) is 2.44. The number of nitrogens with zero attached hydrogens (tertiary/aromatic N) is 2. The van der Waals surface area contributed by atoms with Gasteiger partial charge in [0.2, 0.25) is 0 Å². The summed E-state index contributed by atoms with van der Waals surface area (Å²) in [6, 6.07) is 5.38. The Bertz CT molecular complexity index is 598. The zero-order chi connectivity index (χ0) is 13.8. The predicted molar refractivity (Wildman–Crippen MR) is 72.0 cm³/mol. The van der Waals surface area contributed by atoms with Gasteiger partial charge in [-0.1, -0.05) is 0 Å². The van der Waals surface area contributed by atoms with Crippen molar-refractivity contribution in [2.75, 3.05) is 13.7 Å². The van der Waals surface area contributed by atoms with Crippen molar-refractivity contribution in [1.29, 1.82) is 0 Å². The van der Waals surface area contributed by atoms with Crippen LogP contribution in [0.15, 0.2) is 22.7 Å². The van der Waals surface area contributed by atoms with E-state index in [0.717, 1.165) is 10.0 Å².